The normalized spacial score (nSPS) is 16.2. The molecule has 3 rings (SSSR count). The number of methoxy groups -OCH3 is 1. The van der Waals surface area contributed by atoms with E-state index in [1.165, 1.54) is 25.3 Å². The standard InChI is InChI=1S/C18H13F3N2O3/c1-26-14-7-2-4-11(8-14)9-15-16(24)22-23(17(15)25)13-6-3-5-12(10-13)18(19,20)21/h2-10H,1H3,(H,22,24)/b15-9-. The van der Waals surface area contributed by atoms with Gasteiger partial charge in [0.05, 0.1) is 18.4 Å². The highest BCUT2D eigenvalue weighted by Crippen LogP contribution is 2.32. The van der Waals surface area contributed by atoms with Crippen LogP contribution < -0.4 is 15.2 Å². The lowest BCUT2D eigenvalue weighted by Crippen LogP contribution is -2.35. The lowest BCUT2D eigenvalue weighted by molar-refractivity contribution is -0.137. The summed E-state index contributed by atoms with van der Waals surface area (Å²) in [6.07, 6.45) is -3.20. The second kappa shape index (κ2) is 6.55. The van der Waals surface area contributed by atoms with Crippen molar-refractivity contribution in [3.05, 3.63) is 65.2 Å². The highest BCUT2D eigenvalue weighted by atomic mass is 19.4. The Balaban J connectivity index is 1.93. The average molecular weight is 362 g/mol. The number of anilines is 1. The molecule has 0 aliphatic carbocycles. The van der Waals surface area contributed by atoms with Gasteiger partial charge >= 0.3 is 6.18 Å². The first kappa shape index (κ1) is 17.5. The maximum Gasteiger partial charge on any atom is 0.416 e. The van der Waals surface area contributed by atoms with E-state index in [0.717, 1.165) is 17.1 Å². The van der Waals surface area contributed by atoms with Crippen LogP contribution in [0, 0.1) is 0 Å². The molecule has 5 nitrogen and oxygen atoms in total. The Labute approximate surface area is 146 Å². The smallest absolute Gasteiger partial charge is 0.416 e. The van der Waals surface area contributed by atoms with Crippen LogP contribution in [0.15, 0.2) is 54.1 Å². The number of amides is 2. The zero-order chi connectivity index (χ0) is 18.9. The summed E-state index contributed by atoms with van der Waals surface area (Å²) in [6, 6.07) is 10.8. The molecule has 1 N–H and O–H groups in total. The Morgan fingerprint density at radius 1 is 1.08 bits per heavy atom. The van der Waals surface area contributed by atoms with E-state index in [9.17, 15) is 22.8 Å². The number of nitrogens with one attached hydrogen (secondary N) is 1. The molecule has 26 heavy (non-hydrogen) atoms. The number of benzene rings is 2. The van der Waals surface area contributed by atoms with E-state index in [1.807, 2.05) is 0 Å². The Hall–Kier alpha value is -3.29. The van der Waals surface area contributed by atoms with Crippen molar-refractivity contribution in [2.75, 3.05) is 12.1 Å². The molecule has 1 aliphatic rings. The number of alkyl halides is 3. The molecule has 0 radical (unpaired) electrons. The first-order valence-corrected chi connectivity index (χ1v) is 7.48. The number of carbonyl (C=O) groups excluding carboxylic acids is 2. The van der Waals surface area contributed by atoms with E-state index >= 15 is 0 Å². The van der Waals surface area contributed by atoms with Gasteiger partial charge in [0, 0.05) is 0 Å². The Morgan fingerprint density at radius 2 is 1.81 bits per heavy atom. The van der Waals surface area contributed by atoms with Crippen LogP contribution in [0.25, 0.3) is 6.08 Å². The fourth-order valence-electron chi connectivity index (χ4n) is 2.46. The minimum atomic E-state index is -4.55. The van der Waals surface area contributed by atoms with Gasteiger partial charge in [0.1, 0.15) is 11.3 Å². The van der Waals surface area contributed by atoms with E-state index in [-0.39, 0.29) is 11.3 Å². The van der Waals surface area contributed by atoms with Crippen LogP contribution in [0.5, 0.6) is 5.75 Å². The first-order valence-electron chi connectivity index (χ1n) is 7.48. The lowest BCUT2D eigenvalue weighted by Gasteiger charge is -2.16. The number of ether oxygens (including phenoxy) is 1. The van der Waals surface area contributed by atoms with Crippen LogP contribution in [0.4, 0.5) is 18.9 Å². The van der Waals surface area contributed by atoms with Gasteiger partial charge in [0.2, 0.25) is 0 Å². The van der Waals surface area contributed by atoms with Crippen molar-refractivity contribution in [2.45, 2.75) is 6.18 Å². The third-order valence-corrected chi connectivity index (χ3v) is 3.73. The number of hydrogen-bond donors (Lipinski definition) is 1. The number of hydrogen-bond acceptors (Lipinski definition) is 3. The van der Waals surface area contributed by atoms with Crippen LogP contribution in [-0.4, -0.2) is 18.9 Å². The second-order valence-electron chi connectivity index (χ2n) is 5.46. The van der Waals surface area contributed by atoms with Crippen molar-refractivity contribution in [3.63, 3.8) is 0 Å². The molecule has 2 aromatic rings. The van der Waals surface area contributed by atoms with Crippen LogP contribution in [0.3, 0.4) is 0 Å². The highest BCUT2D eigenvalue weighted by molar-refractivity contribution is 6.31. The zero-order valence-electron chi connectivity index (χ0n) is 13.5. The molecule has 2 amide bonds. The molecular weight excluding hydrogens is 349 g/mol. The number of hydrazine groups is 1. The topological polar surface area (TPSA) is 58.6 Å². The predicted molar refractivity (Wildman–Crippen MR) is 88.0 cm³/mol. The van der Waals surface area contributed by atoms with Crippen molar-refractivity contribution in [1.29, 1.82) is 0 Å². The summed E-state index contributed by atoms with van der Waals surface area (Å²) in [5.41, 5.74) is 1.65. The van der Waals surface area contributed by atoms with Gasteiger partial charge < -0.3 is 4.74 Å². The number of carbonyl (C=O) groups is 2. The van der Waals surface area contributed by atoms with E-state index in [2.05, 4.69) is 5.43 Å². The summed E-state index contributed by atoms with van der Waals surface area (Å²) in [7, 11) is 1.48. The summed E-state index contributed by atoms with van der Waals surface area (Å²) in [4.78, 5) is 24.6. The molecule has 1 aliphatic heterocycles. The van der Waals surface area contributed by atoms with Crippen LogP contribution in [-0.2, 0) is 15.8 Å². The number of rotatable bonds is 3. The molecule has 0 aromatic heterocycles. The zero-order valence-corrected chi connectivity index (χ0v) is 13.5. The van der Waals surface area contributed by atoms with Gasteiger partial charge in [-0.05, 0) is 42.0 Å². The third kappa shape index (κ3) is 3.39. The maximum absolute atomic E-state index is 12.9. The third-order valence-electron chi connectivity index (χ3n) is 3.73. The lowest BCUT2D eigenvalue weighted by atomic mass is 10.1. The minimum absolute atomic E-state index is 0.0767. The Morgan fingerprint density at radius 3 is 2.50 bits per heavy atom. The average Bonchev–Trinajstić information content (AvgIpc) is 2.89. The Kier molecular flexibility index (Phi) is 4.41. The second-order valence-corrected chi connectivity index (χ2v) is 5.46. The summed E-state index contributed by atoms with van der Waals surface area (Å²) in [5, 5.41) is 0.795. The van der Waals surface area contributed by atoms with Gasteiger partial charge in [0.25, 0.3) is 11.8 Å². The van der Waals surface area contributed by atoms with Gasteiger partial charge in [-0.15, -0.1) is 0 Å². The molecule has 0 spiro atoms. The van der Waals surface area contributed by atoms with Crippen molar-refractivity contribution in [3.8, 4) is 5.75 Å². The van der Waals surface area contributed by atoms with Gasteiger partial charge in [-0.25, -0.2) is 5.01 Å². The first-order chi connectivity index (χ1) is 12.3. The monoisotopic (exact) mass is 362 g/mol. The molecule has 1 fully saturated rings. The minimum Gasteiger partial charge on any atom is -0.497 e. The number of nitrogens with zero attached hydrogens (tertiary/aromatic N) is 1. The van der Waals surface area contributed by atoms with Gasteiger partial charge in [-0.2, -0.15) is 13.2 Å². The molecule has 8 heteroatoms. The molecule has 2 aromatic carbocycles. The maximum atomic E-state index is 12.9. The Bertz CT molecular complexity index is 907. The summed E-state index contributed by atoms with van der Waals surface area (Å²) in [6.45, 7) is 0. The van der Waals surface area contributed by atoms with Crippen molar-refractivity contribution in [1.82, 2.24) is 5.43 Å². The SMILES string of the molecule is COc1cccc(/C=C2/C(=O)NN(c3cccc(C(F)(F)F)c3)C2=O)c1. The van der Waals surface area contributed by atoms with Crippen molar-refractivity contribution in [2.24, 2.45) is 0 Å². The van der Waals surface area contributed by atoms with E-state index in [4.69, 9.17) is 4.74 Å². The quantitative estimate of drug-likeness (QED) is 0.674. The summed E-state index contributed by atoms with van der Waals surface area (Å²) < 4.78 is 43.6. The molecule has 0 atom stereocenters. The molecule has 0 unspecified atom stereocenters. The van der Waals surface area contributed by atoms with Crippen molar-refractivity contribution < 1.29 is 27.5 Å². The van der Waals surface area contributed by atoms with Gasteiger partial charge in [-0.3, -0.25) is 15.0 Å². The van der Waals surface area contributed by atoms with Crippen molar-refractivity contribution >= 4 is 23.6 Å². The molecule has 1 saturated heterocycles. The van der Waals surface area contributed by atoms with Crippen LogP contribution in [0.1, 0.15) is 11.1 Å². The molecular formula is C18H13F3N2O3. The highest BCUT2D eigenvalue weighted by Gasteiger charge is 2.36. The molecule has 0 saturated carbocycles. The summed E-state index contributed by atoms with van der Waals surface area (Å²) >= 11 is 0. The van der Waals surface area contributed by atoms with Crippen LogP contribution in [0.2, 0.25) is 0 Å². The van der Waals surface area contributed by atoms with Gasteiger partial charge in [0.15, 0.2) is 0 Å². The van der Waals surface area contributed by atoms with E-state index in [1.54, 1.807) is 24.3 Å². The molecule has 134 valence electrons. The number of halogens is 3. The largest absolute Gasteiger partial charge is 0.497 e. The van der Waals surface area contributed by atoms with E-state index < -0.39 is 23.6 Å². The van der Waals surface area contributed by atoms with Gasteiger partial charge in [-0.1, -0.05) is 18.2 Å². The fourth-order valence-corrected chi connectivity index (χ4v) is 2.46. The van der Waals surface area contributed by atoms with E-state index in [0.29, 0.717) is 11.3 Å². The van der Waals surface area contributed by atoms with Crippen LogP contribution >= 0.6 is 0 Å². The summed E-state index contributed by atoms with van der Waals surface area (Å²) in [5.74, 6) is -0.896. The predicted octanol–water partition coefficient (Wildman–Crippen LogP) is 3.18. The molecule has 1 heterocycles. The molecule has 0 bridgehead atoms. The fraction of sp³-hybridized carbons (Fsp3) is 0.111.